The Morgan fingerprint density at radius 1 is 1.03 bits per heavy atom. The SMILES string of the molecule is COc1ccc(C(=O)OC(C)C(=O)Nc2cc(S(=O)(=O)N(C)C)ccc2C)c(OC)c1. The Bertz CT molecular complexity index is 1080. The number of benzene rings is 2. The Labute approximate surface area is 182 Å². The van der Waals surface area contributed by atoms with Crippen LogP contribution in [-0.4, -0.2) is 59.0 Å². The van der Waals surface area contributed by atoms with Crippen LogP contribution in [0.2, 0.25) is 0 Å². The summed E-state index contributed by atoms with van der Waals surface area (Å²) in [6.07, 6.45) is -1.15. The largest absolute Gasteiger partial charge is 0.497 e. The summed E-state index contributed by atoms with van der Waals surface area (Å²) in [5.41, 5.74) is 1.09. The van der Waals surface area contributed by atoms with Crippen molar-refractivity contribution >= 4 is 27.6 Å². The lowest BCUT2D eigenvalue weighted by molar-refractivity contribution is -0.123. The van der Waals surface area contributed by atoms with Crippen molar-refractivity contribution in [3.05, 3.63) is 47.5 Å². The number of hydrogen-bond donors (Lipinski definition) is 1. The molecule has 0 heterocycles. The third-order valence-corrected chi connectivity index (χ3v) is 6.34. The van der Waals surface area contributed by atoms with Gasteiger partial charge in [0.05, 0.1) is 19.1 Å². The van der Waals surface area contributed by atoms with Crippen LogP contribution in [0.5, 0.6) is 11.5 Å². The van der Waals surface area contributed by atoms with Crippen LogP contribution >= 0.6 is 0 Å². The molecule has 0 saturated heterocycles. The van der Waals surface area contributed by atoms with E-state index in [9.17, 15) is 18.0 Å². The van der Waals surface area contributed by atoms with Crippen molar-refractivity contribution < 1.29 is 32.2 Å². The Morgan fingerprint density at radius 2 is 1.71 bits per heavy atom. The summed E-state index contributed by atoms with van der Waals surface area (Å²) in [6, 6.07) is 8.99. The predicted molar refractivity (Wildman–Crippen MR) is 115 cm³/mol. The van der Waals surface area contributed by atoms with E-state index >= 15 is 0 Å². The summed E-state index contributed by atoms with van der Waals surface area (Å²) in [4.78, 5) is 25.1. The lowest BCUT2D eigenvalue weighted by Gasteiger charge is -2.17. The predicted octanol–water partition coefficient (Wildman–Crippen LogP) is 2.45. The molecule has 1 N–H and O–H groups in total. The van der Waals surface area contributed by atoms with E-state index in [0.717, 1.165) is 4.31 Å². The molecule has 2 rings (SSSR count). The number of carbonyl (C=O) groups is 2. The third-order valence-electron chi connectivity index (χ3n) is 4.53. The molecule has 31 heavy (non-hydrogen) atoms. The Kier molecular flexibility index (Phi) is 7.64. The molecule has 0 aromatic heterocycles. The van der Waals surface area contributed by atoms with Crippen molar-refractivity contribution in [3.8, 4) is 11.5 Å². The third kappa shape index (κ3) is 5.53. The monoisotopic (exact) mass is 450 g/mol. The van der Waals surface area contributed by atoms with Crippen molar-refractivity contribution in [2.75, 3.05) is 33.6 Å². The molecule has 1 atom stereocenters. The molecule has 0 saturated carbocycles. The highest BCUT2D eigenvalue weighted by molar-refractivity contribution is 7.89. The minimum atomic E-state index is -3.67. The molecule has 0 aliphatic rings. The highest BCUT2D eigenvalue weighted by atomic mass is 32.2. The lowest BCUT2D eigenvalue weighted by Crippen LogP contribution is -2.30. The summed E-state index contributed by atoms with van der Waals surface area (Å²) in [5.74, 6) is -0.609. The maximum atomic E-state index is 12.6. The molecule has 9 nitrogen and oxygen atoms in total. The average Bonchev–Trinajstić information content (AvgIpc) is 2.74. The number of methoxy groups -OCH3 is 2. The van der Waals surface area contributed by atoms with E-state index in [-0.39, 0.29) is 16.2 Å². The van der Waals surface area contributed by atoms with Crippen molar-refractivity contribution in [2.45, 2.75) is 24.8 Å². The number of esters is 1. The zero-order chi connectivity index (χ0) is 23.3. The lowest BCUT2D eigenvalue weighted by atomic mass is 10.2. The highest BCUT2D eigenvalue weighted by Crippen LogP contribution is 2.26. The van der Waals surface area contributed by atoms with Gasteiger partial charge >= 0.3 is 5.97 Å². The van der Waals surface area contributed by atoms with Crippen LogP contribution in [0.15, 0.2) is 41.3 Å². The van der Waals surface area contributed by atoms with Gasteiger partial charge in [0.15, 0.2) is 6.10 Å². The fourth-order valence-corrected chi connectivity index (χ4v) is 3.51. The minimum Gasteiger partial charge on any atom is -0.497 e. The number of rotatable bonds is 8. The number of anilines is 1. The van der Waals surface area contributed by atoms with Gasteiger partial charge in [-0.05, 0) is 43.7 Å². The van der Waals surface area contributed by atoms with Gasteiger partial charge in [-0.15, -0.1) is 0 Å². The molecule has 2 aromatic rings. The molecular formula is C21H26N2O7S. The maximum Gasteiger partial charge on any atom is 0.342 e. The zero-order valence-corrected chi connectivity index (χ0v) is 19.1. The number of ether oxygens (including phenoxy) is 3. The molecule has 0 aliphatic heterocycles. The van der Waals surface area contributed by atoms with Crippen LogP contribution in [-0.2, 0) is 19.6 Å². The molecule has 0 aliphatic carbocycles. The van der Waals surface area contributed by atoms with Crippen molar-refractivity contribution in [3.63, 3.8) is 0 Å². The van der Waals surface area contributed by atoms with E-state index < -0.39 is 28.0 Å². The Hall–Kier alpha value is -3.11. The van der Waals surface area contributed by atoms with E-state index in [1.165, 1.54) is 59.5 Å². The number of hydrogen-bond acceptors (Lipinski definition) is 7. The van der Waals surface area contributed by atoms with E-state index in [2.05, 4.69) is 5.32 Å². The fraction of sp³-hybridized carbons (Fsp3) is 0.333. The van der Waals surface area contributed by atoms with Crippen LogP contribution in [0.3, 0.4) is 0 Å². The standard InChI is InChI=1S/C21H26N2O7S/c1-13-7-9-16(31(26,27)23(3)4)12-18(13)22-20(24)14(2)30-21(25)17-10-8-15(28-5)11-19(17)29-6/h7-12,14H,1-6H3,(H,22,24). The number of sulfonamides is 1. The highest BCUT2D eigenvalue weighted by Gasteiger charge is 2.23. The number of carbonyl (C=O) groups excluding carboxylic acids is 2. The number of nitrogens with zero attached hydrogens (tertiary/aromatic N) is 1. The van der Waals surface area contributed by atoms with Gasteiger partial charge in [-0.3, -0.25) is 4.79 Å². The van der Waals surface area contributed by atoms with Gasteiger partial charge < -0.3 is 19.5 Å². The van der Waals surface area contributed by atoms with Gasteiger partial charge in [0.25, 0.3) is 5.91 Å². The summed E-state index contributed by atoms with van der Waals surface area (Å²) >= 11 is 0. The molecule has 0 fully saturated rings. The van der Waals surface area contributed by atoms with Crippen LogP contribution in [0.1, 0.15) is 22.8 Å². The first-order valence-corrected chi connectivity index (χ1v) is 10.7. The molecule has 1 amide bonds. The van der Waals surface area contributed by atoms with Crippen molar-refractivity contribution in [1.82, 2.24) is 4.31 Å². The normalized spacial score (nSPS) is 12.2. The molecular weight excluding hydrogens is 424 g/mol. The average molecular weight is 451 g/mol. The summed E-state index contributed by atoms with van der Waals surface area (Å²) in [5, 5.41) is 2.61. The second-order valence-corrected chi connectivity index (χ2v) is 9.02. The van der Waals surface area contributed by atoms with Gasteiger partial charge in [-0.2, -0.15) is 0 Å². The smallest absolute Gasteiger partial charge is 0.342 e. The van der Waals surface area contributed by atoms with Crippen molar-refractivity contribution in [2.24, 2.45) is 0 Å². The first-order chi connectivity index (χ1) is 14.5. The van der Waals surface area contributed by atoms with Gasteiger partial charge in [0.2, 0.25) is 10.0 Å². The van der Waals surface area contributed by atoms with E-state index in [1.807, 2.05) is 0 Å². The second-order valence-electron chi connectivity index (χ2n) is 6.87. The molecule has 10 heteroatoms. The molecule has 0 spiro atoms. The van der Waals surface area contributed by atoms with Gasteiger partial charge in [-0.1, -0.05) is 6.07 Å². The summed E-state index contributed by atoms with van der Waals surface area (Å²) in [7, 11) is 2.06. The molecule has 168 valence electrons. The topological polar surface area (TPSA) is 111 Å². The summed E-state index contributed by atoms with van der Waals surface area (Å²) in [6.45, 7) is 3.14. The van der Waals surface area contributed by atoms with Crippen LogP contribution < -0.4 is 14.8 Å². The number of aryl methyl sites for hydroxylation is 1. The quantitative estimate of drug-likeness (QED) is 0.615. The van der Waals surface area contributed by atoms with E-state index in [1.54, 1.807) is 19.1 Å². The van der Waals surface area contributed by atoms with Crippen LogP contribution in [0.25, 0.3) is 0 Å². The molecule has 2 aromatic carbocycles. The fourth-order valence-electron chi connectivity index (χ4n) is 2.59. The summed E-state index contributed by atoms with van der Waals surface area (Å²) < 4.78 is 41.3. The minimum absolute atomic E-state index is 0.0333. The maximum absolute atomic E-state index is 12.6. The van der Waals surface area contributed by atoms with Gasteiger partial charge in [0.1, 0.15) is 17.1 Å². The molecule has 0 radical (unpaired) electrons. The zero-order valence-electron chi connectivity index (χ0n) is 18.3. The van der Waals surface area contributed by atoms with Gasteiger partial charge in [-0.25, -0.2) is 17.5 Å². The van der Waals surface area contributed by atoms with Gasteiger partial charge in [0, 0.05) is 25.8 Å². The van der Waals surface area contributed by atoms with Crippen LogP contribution in [0.4, 0.5) is 5.69 Å². The number of amides is 1. The van der Waals surface area contributed by atoms with E-state index in [4.69, 9.17) is 14.2 Å². The van der Waals surface area contributed by atoms with E-state index in [0.29, 0.717) is 17.0 Å². The van der Waals surface area contributed by atoms with Crippen molar-refractivity contribution in [1.29, 1.82) is 0 Å². The first-order valence-electron chi connectivity index (χ1n) is 9.28. The Balaban J connectivity index is 2.17. The molecule has 0 bridgehead atoms. The first kappa shape index (κ1) is 24.2. The second kappa shape index (κ2) is 9.80. The van der Waals surface area contributed by atoms with Crippen LogP contribution in [0, 0.1) is 6.92 Å². The molecule has 1 unspecified atom stereocenters. The number of nitrogens with one attached hydrogen (secondary N) is 1. The Morgan fingerprint density at radius 3 is 2.29 bits per heavy atom.